The number of hydrogen-bond acceptors (Lipinski definition) is 1. The highest BCUT2D eigenvalue weighted by molar-refractivity contribution is 9.10. The maximum atomic E-state index is 13.6. The number of aryl methyl sites for hydroxylation is 1. The summed E-state index contributed by atoms with van der Waals surface area (Å²) in [7, 11) is 0. The molecule has 1 aromatic carbocycles. The quantitative estimate of drug-likeness (QED) is 0.827. The zero-order chi connectivity index (χ0) is 13.9. The molecule has 0 fully saturated rings. The van der Waals surface area contributed by atoms with Crippen molar-refractivity contribution in [2.24, 2.45) is 5.41 Å². The second-order valence-corrected chi connectivity index (χ2v) is 5.95. The van der Waals surface area contributed by atoms with Crippen LogP contribution in [0.1, 0.15) is 32.3 Å². The standard InChI is InChI=1S/C13H15BrF2O2/c1-13(2,7-12(17)18)4-3-8-5-11(16)9(14)6-10(8)15/h5-6H,3-4,7H2,1-2H3,(H,17,18). The van der Waals surface area contributed by atoms with E-state index in [1.54, 1.807) is 13.8 Å². The lowest BCUT2D eigenvalue weighted by molar-refractivity contribution is -0.139. The van der Waals surface area contributed by atoms with Crippen LogP contribution in [0.25, 0.3) is 0 Å². The van der Waals surface area contributed by atoms with Gasteiger partial charge in [0.1, 0.15) is 11.6 Å². The summed E-state index contributed by atoms with van der Waals surface area (Å²) in [6.07, 6.45) is 0.807. The van der Waals surface area contributed by atoms with Gasteiger partial charge in [0, 0.05) is 0 Å². The molecule has 2 nitrogen and oxygen atoms in total. The highest BCUT2D eigenvalue weighted by atomic mass is 79.9. The number of rotatable bonds is 5. The molecule has 0 aromatic heterocycles. The average molecular weight is 321 g/mol. The molecule has 0 aliphatic carbocycles. The van der Waals surface area contributed by atoms with Gasteiger partial charge in [-0.25, -0.2) is 8.78 Å². The van der Waals surface area contributed by atoms with E-state index < -0.39 is 23.0 Å². The summed E-state index contributed by atoms with van der Waals surface area (Å²) in [6, 6.07) is 2.24. The Kier molecular flexibility index (Phi) is 4.85. The van der Waals surface area contributed by atoms with Gasteiger partial charge in [0.2, 0.25) is 0 Å². The van der Waals surface area contributed by atoms with Gasteiger partial charge in [-0.2, -0.15) is 0 Å². The van der Waals surface area contributed by atoms with Crippen molar-refractivity contribution in [3.8, 4) is 0 Å². The third-order valence-corrected chi connectivity index (χ3v) is 3.40. The van der Waals surface area contributed by atoms with E-state index in [-0.39, 0.29) is 16.5 Å². The first kappa shape index (κ1) is 15.1. The van der Waals surface area contributed by atoms with Crippen LogP contribution in [-0.2, 0) is 11.2 Å². The van der Waals surface area contributed by atoms with Gasteiger partial charge in [0.05, 0.1) is 10.9 Å². The Labute approximate surface area is 113 Å². The van der Waals surface area contributed by atoms with E-state index >= 15 is 0 Å². The van der Waals surface area contributed by atoms with Gasteiger partial charge >= 0.3 is 5.97 Å². The second kappa shape index (κ2) is 5.78. The van der Waals surface area contributed by atoms with E-state index in [1.807, 2.05) is 0 Å². The molecule has 18 heavy (non-hydrogen) atoms. The SMILES string of the molecule is CC(C)(CCc1cc(F)c(Br)cc1F)CC(=O)O. The highest BCUT2D eigenvalue weighted by Gasteiger charge is 2.22. The van der Waals surface area contributed by atoms with Gasteiger partial charge in [-0.3, -0.25) is 4.79 Å². The lowest BCUT2D eigenvalue weighted by Gasteiger charge is -2.22. The molecule has 0 saturated heterocycles. The van der Waals surface area contributed by atoms with Crippen LogP contribution in [-0.4, -0.2) is 11.1 Å². The molecule has 0 radical (unpaired) electrons. The number of benzene rings is 1. The van der Waals surface area contributed by atoms with Crippen LogP contribution in [0.15, 0.2) is 16.6 Å². The Morgan fingerprint density at radius 2 is 1.94 bits per heavy atom. The molecule has 0 amide bonds. The molecule has 0 aliphatic heterocycles. The molecule has 1 aromatic rings. The normalized spacial score (nSPS) is 11.6. The zero-order valence-electron chi connectivity index (χ0n) is 10.3. The molecule has 0 aliphatic rings. The molecule has 100 valence electrons. The van der Waals surface area contributed by atoms with E-state index in [2.05, 4.69) is 15.9 Å². The minimum Gasteiger partial charge on any atom is -0.481 e. The van der Waals surface area contributed by atoms with Crippen molar-refractivity contribution in [2.45, 2.75) is 33.1 Å². The summed E-state index contributed by atoms with van der Waals surface area (Å²) in [5.74, 6) is -1.88. The Morgan fingerprint density at radius 1 is 1.33 bits per heavy atom. The number of carboxylic acids is 1. The second-order valence-electron chi connectivity index (χ2n) is 5.09. The van der Waals surface area contributed by atoms with E-state index in [4.69, 9.17) is 5.11 Å². The first-order chi connectivity index (χ1) is 8.21. The van der Waals surface area contributed by atoms with Crippen molar-refractivity contribution in [2.75, 3.05) is 0 Å². The fourth-order valence-electron chi connectivity index (χ4n) is 1.73. The monoisotopic (exact) mass is 320 g/mol. The molecule has 1 N–H and O–H groups in total. The van der Waals surface area contributed by atoms with Gasteiger partial charge in [-0.15, -0.1) is 0 Å². The van der Waals surface area contributed by atoms with E-state index in [1.165, 1.54) is 0 Å². The number of carbonyl (C=O) groups is 1. The fraction of sp³-hybridized carbons (Fsp3) is 0.462. The molecule has 5 heteroatoms. The Balaban J connectivity index is 2.74. The van der Waals surface area contributed by atoms with Crippen molar-refractivity contribution in [1.82, 2.24) is 0 Å². The van der Waals surface area contributed by atoms with Crippen molar-refractivity contribution >= 4 is 21.9 Å². The molecule has 0 bridgehead atoms. The fourth-order valence-corrected chi connectivity index (χ4v) is 2.04. The number of aliphatic carboxylic acids is 1. The van der Waals surface area contributed by atoms with Crippen LogP contribution in [0.4, 0.5) is 8.78 Å². The molecule has 0 heterocycles. The molecule has 0 unspecified atom stereocenters. The van der Waals surface area contributed by atoms with Crippen LogP contribution < -0.4 is 0 Å². The molecular formula is C13H15BrF2O2. The van der Waals surface area contributed by atoms with Gasteiger partial charge in [-0.1, -0.05) is 13.8 Å². The maximum absolute atomic E-state index is 13.6. The topological polar surface area (TPSA) is 37.3 Å². The minimum absolute atomic E-state index is 0.00757. The summed E-state index contributed by atoms with van der Waals surface area (Å²) >= 11 is 2.91. The lowest BCUT2D eigenvalue weighted by Crippen LogP contribution is -2.18. The minimum atomic E-state index is -0.887. The van der Waals surface area contributed by atoms with E-state index in [9.17, 15) is 13.6 Å². The van der Waals surface area contributed by atoms with Crippen LogP contribution in [0.5, 0.6) is 0 Å². The number of carboxylic acid groups (broad SMARTS) is 1. The number of hydrogen-bond donors (Lipinski definition) is 1. The molecule has 0 spiro atoms. The van der Waals surface area contributed by atoms with Gasteiger partial charge in [0.15, 0.2) is 0 Å². The van der Waals surface area contributed by atoms with E-state index in [0.717, 1.165) is 12.1 Å². The Hall–Kier alpha value is -0.970. The maximum Gasteiger partial charge on any atom is 0.303 e. The lowest BCUT2D eigenvalue weighted by atomic mass is 9.83. The van der Waals surface area contributed by atoms with Crippen molar-refractivity contribution in [1.29, 1.82) is 0 Å². The smallest absolute Gasteiger partial charge is 0.303 e. The third-order valence-electron chi connectivity index (χ3n) is 2.79. The summed E-state index contributed by atoms with van der Waals surface area (Å²) in [4.78, 5) is 10.7. The van der Waals surface area contributed by atoms with Gasteiger partial charge in [-0.05, 0) is 51.9 Å². The largest absolute Gasteiger partial charge is 0.481 e. The van der Waals surface area contributed by atoms with Crippen LogP contribution in [0.3, 0.4) is 0 Å². The average Bonchev–Trinajstić information content (AvgIpc) is 2.19. The van der Waals surface area contributed by atoms with Crippen molar-refractivity contribution in [3.63, 3.8) is 0 Å². The van der Waals surface area contributed by atoms with Crippen molar-refractivity contribution in [3.05, 3.63) is 33.8 Å². The van der Waals surface area contributed by atoms with Gasteiger partial charge in [0.25, 0.3) is 0 Å². The molecule has 0 saturated carbocycles. The zero-order valence-corrected chi connectivity index (χ0v) is 11.9. The predicted octanol–water partition coefficient (Wildman–Crippen LogP) is 4.16. The summed E-state index contributed by atoms with van der Waals surface area (Å²) < 4.78 is 26.9. The van der Waals surface area contributed by atoms with Crippen LogP contribution in [0, 0.1) is 17.0 Å². The molecule has 0 atom stereocenters. The predicted molar refractivity (Wildman–Crippen MR) is 68.4 cm³/mol. The molecule has 1 rings (SSSR count). The van der Waals surface area contributed by atoms with Crippen LogP contribution in [0.2, 0.25) is 0 Å². The van der Waals surface area contributed by atoms with Gasteiger partial charge < -0.3 is 5.11 Å². The Bertz CT molecular complexity index is 459. The number of halogens is 3. The third kappa shape index (κ3) is 4.37. The summed E-state index contributed by atoms with van der Waals surface area (Å²) in [6.45, 7) is 3.60. The Morgan fingerprint density at radius 3 is 2.50 bits per heavy atom. The first-order valence-corrected chi connectivity index (χ1v) is 6.36. The van der Waals surface area contributed by atoms with Crippen LogP contribution >= 0.6 is 15.9 Å². The molecular weight excluding hydrogens is 306 g/mol. The highest BCUT2D eigenvalue weighted by Crippen LogP contribution is 2.28. The van der Waals surface area contributed by atoms with E-state index in [0.29, 0.717) is 12.8 Å². The summed E-state index contributed by atoms with van der Waals surface area (Å²) in [5.41, 5.74) is -0.170. The first-order valence-electron chi connectivity index (χ1n) is 5.56. The van der Waals surface area contributed by atoms with Crippen molar-refractivity contribution < 1.29 is 18.7 Å². The summed E-state index contributed by atoms with van der Waals surface area (Å²) in [5, 5.41) is 8.74.